The molecule has 0 radical (unpaired) electrons. The SMILES string of the molecule is c1coc(CN2CCOCC23CCCC3)c1. The van der Waals surface area contributed by atoms with Crippen molar-refractivity contribution in [3.63, 3.8) is 0 Å². The van der Waals surface area contributed by atoms with Crippen LogP contribution in [0.1, 0.15) is 31.4 Å². The predicted octanol–water partition coefficient (Wildman–Crippen LogP) is 2.42. The summed E-state index contributed by atoms with van der Waals surface area (Å²) in [6.45, 7) is 3.76. The van der Waals surface area contributed by atoms with Gasteiger partial charge in [0.2, 0.25) is 0 Å². The second kappa shape index (κ2) is 4.22. The van der Waals surface area contributed by atoms with E-state index in [2.05, 4.69) is 11.0 Å². The number of nitrogens with zero attached hydrogens (tertiary/aromatic N) is 1. The van der Waals surface area contributed by atoms with Gasteiger partial charge in [-0.1, -0.05) is 12.8 Å². The lowest BCUT2D eigenvalue weighted by molar-refractivity contribution is -0.0725. The van der Waals surface area contributed by atoms with Crippen LogP contribution in [0.15, 0.2) is 22.8 Å². The molecule has 1 aromatic rings. The van der Waals surface area contributed by atoms with Gasteiger partial charge in [0.25, 0.3) is 0 Å². The van der Waals surface area contributed by atoms with Gasteiger partial charge < -0.3 is 9.15 Å². The van der Waals surface area contributed by atoms with Crippen molar-refractivity contribution in [2.75, 3.05) is 19.8 Å². The minimum atomic E-state index is 0.311. The molecule has 1 saturated heterocycles. The van der Waals surface area contributed by atoms with Crippen molar-refractivity contribution >= 4 is 0 Å². The monoisotopic (exact) mass is 221 g/mol. The second-order valence-corrected chi connectivity index (χ2v) is 4.98. The number of ether oxygens (including phenoxy) is 1. The molecule has 3 heteroatoms. The molecule has 1 aliphatic heterocycles. The summed E-state index contributed by atoms with van der Waals surface area (Å²) in [5.74, 6) is 1.08. The second-order valence-electron chi connectivity index (χ2n) is 4.98. The molecule has 3 rings (SSSR count). The Bertz CT molecular complexity index is 328. The van der Waals surface area contributed by atoms with Gasteiger partial charge in [0.15, 0.2) is 0 Å². The molecule has 0 aromatic carbocycles. The highest BCUT2D eigenvalue weighted by Crippen LogP contribution is 2.38. The summed E-state index contributed by atoms with van der Waals surface area (Å²) in [5.41, 5.74) is 0.311. The molecule has 2 fully saturated rings. The van der Waals surface area contributed by atoms with E-state index in [1.807, 2.05) is 6.07 Å². The van der Waals surface area contributed by atoms with Crippen molar-refractivity contribution in [3.05, 3.63) is 24.2 Å². The highest BCUT2D eigenvalue weighted by molar-refractivity contribution is 5.03. The molecule has 2 heterocycles. The number of rotatable bonds is 2. The third-order valence-corrected chi connectivity index (χ3v) is 4.01. The van der Waals surface area contributed by atoms with Gasteiger partial charge in [0.05, 0.1) is 26.0 Å². The first-order valence-electron chi connectivity index (χ1n) is 6.24. The summed E-state index contributed by atoms with van der Waals surface area (Å²) in [4.78, 5) is 2.57. The van der Waals surface area contributed by atoms with Gasteiger partial charge in [-0.3, -0.25) is 4.90 Å². The zero-order chi connectivity index (χ0) is 10.8. The van der Waals surface area contributed by atoms with Gasteiger partial charge in [-0.15, -0.1) is 0 Å². The molecule has 0 bridgehead atoms. The first-order chi connectivity index (χ1) is 7.89. The van der Waals surface area contributed by atoms with Crippen LogP contribution in [0.2, 0.25) is 0 Å². The molecule has 0 amide bonds. The molecular formula is C13H19NO2. The standard InChI is InChI=1S/C13H19NO2/c1-2-6-13(5-1)11-15-9-7-14(13)10-12-4-3-8-16-12/h3-4,8H,1-2,5-7,9-11H2. The van der Waals surface area contributed by atoms with Crippen LogP contribution in [0.4, 0.5) is 0 Å². The van der Waals surface area contributed by atoms with Crippen LogP contribution in [0, 0.1) is 0 Å². The minimum absolute atomic E-state index is 0.311. The molecule has 1 aromatic heterocycles. The van der Waals surface area contributed by atoms with Crippen molar-refractivity contribution < 1.29 is 9.15 Å². The molecule has 16 heavy (non-hydrogen) atoms. The van der Waals surface area contributed by atoms with Crippen molar-refractivity contribution in [3.8, 4) is 0 Å². The fourth-order valence-corrected chi connectivity index (χ4v) is 3.10. The molecule has 0 N–H and O–H groups in total. The van der Waals surface area contributed by atoms with Crippen LogP contribution < -0.4 is 0 Å². The first kappa shape index (κ1) is 10.4. The van der Waals surface area contributed by atoms with Gasteiger partial charge in [0.1, 0.15) is 5.76 Å². The molecular weight excluding hydrogens is 202 g/mol. The zero-order valence-electron chi connectivity index (χ0n) is 9.65. The van der Waals surface area contributed by atoms with Crippen LogP contribution in [-0.2, 0) is 11.3 Å². The maximum atomic E-state index is 5.68. The summed E-state index contributed by atoms with van der Waals surface area (Å²) in [7, 11) is 0. The Hall–Kier alpha value is -0.800. The molecule has 3 nitrogen and oxygen atoms in total. The van der Waals surface area contributed by atoms with Crippen LogP contribution in [0.5, 0.6) is 0 Å². The Balaban J connectivity index is 1.75. The van der Waals surface area contributed by atoms with Crippen LogP contribution in [-0.4, -0.2) is 30.2 Å². The smallest absolute Gasteiger partial charge is 0.117 e. The van der Waals surface area contributed by atoms with Gasteiger partial charge in [-0.25, -0.2) is 0 Å². The number of hydrogen-bond acceptors (Lipinski definition) is 3. The van der Waals surface area contributed by atoms with E-state index in [0.717, 1.165) is 32.1 Å². The van der Waals surface area contributed by atoms with Crippen LogP contribution in [0.3, 0.4) is 0 Å². The van der Waals surface area contributed by atoms with Gasteiger partial charge >= 0.3 is 0 Å². The summed E-state index contributed by atoms with van der Waals surface area (Å²) < 4.78 is 11.1. The molecule has 88 valence electrons. The predicted molar refractivity (Wildman–Crippen MR) is 61.1 cm³/mol. The average Bonchev–Trinajstić information content (AvgIpc) is 2.94. The van der Waals surface area contributed by atoms with Gasteiger partial charge in [-0.05, 0) is 25.0 Å². The van der Waals surface area contributed by atoms with Crippen molar-refractivity contribution in [1.29, 1.82) is 0 Å². The van der Waals surface area contributed by atoms with E-state index in [1.165, 1.54) is 25.7 Å². The van der Waals surface area contributed by atoms with Crippen molar-refractivity contribution in [1.82, 2.24) is 4.90 Å². The third kappa shape index (κ3) is 1.78. The number of furan rings is 1. The van der Waals surface area contributed by atoms with Gasteiger partial charge in [-0.2, -0.15) is 0 Å². The summed E-state index contributed by atoms with van der Waals surface area (Å²) in [6, 6.07) is 4.04. The maximum Gasteiger partial charge on any atom is 0.117 e. The fourth-order valence-electron chi connectivity index (χ4n) is 3.10. The van der Waals surface area contributed by atoms with Crippen molar-refractivity contribution in [2.24, 2.45) is 0 Å². The average molecular weight is 221 g/mol. The molecule has 1 spiro atoms. The molecule has 1 saturated carbocycles. The van der Waals surface area contributed by atoms with Crippen molar-refractivity contribution in [2.45, 2.75) is 37.8 Å². The lowest BCUT2D eigenvalue weighted by atomic mass is 9.94. The van der Waals surface area contributed by atoms with E-state index in [4.69, 9.17) is 9.15 Å². The Kier molecular flexibility index (Phi) is 2.74. The molecule has 1 aliphatic carbocycles. The molecule has 2 aliphatic rings. The summed E-state index contributed by atoms with van der Waals surface area (Å²) in [5, 5.41) is 0. The lowest BCUT2D eigenvalue weighted by Crippen LogP contribution is -2.54. The fraction of sp³-hybridized carbons (Fsp3) is 0.692. The normalized spacial score (nSPS) is 25.2. The zero-order valence-corrected chi connectivity index (χ0v) is 9.65. The minimum Gasteiger partial charge on any atom is -0.468 e. The van der Waals surface area contributed by atoms with E-state index >= 15 is 0 Å². The highest BCUT2D eigenvalue weighted by atomic mass is 16.5. The van der Waals surface area contributed by atoms with E-state index in [0.29, 0.717) is 5.54 Å². The number of hydrogen-bond donors (Lipinski definition) is 0. The van der Waals surface area contributed by atoms with E-state index in [-0.39, 0.29) is 0 Å². The molecule has 0 atom stereocenters. The summed E-state index contributed by atoms with van der Waals surface area (Å²) >= 11 is 0. The summed E-state index contributed by atoms with van der Waals surface area (Å²) in [6.07, 6.45) is 7.02. The largest absolute Gasteiger partial charge is 0.468 e. The number of morpholine rings is 1. The lowest BCUT2D eigenvalue weighted by Gasteiger charge is -2.44. The molecule has 0 unspecified atom stereocenters. The maximum absolute atomic E-state index is 5.68. The Morgan fingerprint density at radius 2 is 2.19 bits per heavy atom. The Morgan fingerprint density at radius 1 is 1.31 bits per heavy atom. The Morgan fingerprint density at radius 3 is 2.94 bits per heavy atom. The van der Waals surface area contributed by atoms with Crippen LogP contribution >= 0.6 is 0 Å². The third-order valence-electron chi connectivity index (χ3n) is 4.01. The topological polar surface area (TPSA) is 25.6 Å². The van der Waals surface area contributed by atoms with Gasteiger partial charge in [0, 0.05) is 12.1 Å². The van der Waals surface area contributed by atoms with E-state index in [9.17, 15) is 0 Å². The highest BCUT2D eigenvalue weighted by Gasteiger charge is 2.41. The van der Waals surface area contributed by atoms with E-state index < -0.39 is 0 Å². The first-order valence-corrected chi connectivity index (χ1v) is 6.24. The Labute approximate surface area is 96.4 Å². The van der Waals surface area contributed by atoms with Crippen LogP contribution in [0.25, 0.3) is 0 Å². The quantitative estimate of drug-likeness (QED) is 0.767. The van der Waals surface area contributed by atoms with E-state index in [1.54, 1.807) is 6.26 Å².